The maximum atomic E-state index is 12.3. The summed E-state index contributed by atoms with van der Waals surface area (Å²) in [5.74, 6) is 2.06. The number of ether oxygens (including phenoxy) is 3. The van der Waals surface area contributed by atoms with Crippen molar-refractivity contribution in [3.05, 3.63) is 70.0 Å². The van der Waals surface area contributed by atoms with Gasteiger partial charge in [0, 0.05) is 54.4 Å². The molecule has 65 heavy (non-hydrogen) atoms. The van der Waals surface area contributed by atoms with Crippen molar-refractivity contribution >= 4 is 0 Å². The first-order chi connectivity index (χ1) is 31.6. The Bertz CT molecular complexity index is 2090. The Balaban J connectivity index is 0.960. The summed E-state index contributed by atoms with van der Waals surface area (Å²) in [6.07, 6.45) is 21.8. The first-order valence-corrected chi connectivity index (χ1v) is 25.7. The molecule has 13 atom stereocenters. The van der Waals surface area contributed by atoms with Gasteiger partial charge in [-0.1, -0.05) is 31.4 Å². The molecule has 356 valence electrons. The summed E-state index contributed by atoms with van der Waals surface area (Å²) in [5.41, 5.74) is 4.12. The lowest BCUT2D eigenvalue weighted by Gasteiger charge is -2.50. The van der Waals surface area contributed by atoms with Crippen LogP contribution in [0.1, 0.15) is 180 Å². The van der Waals surface area contributed by atoms with Crippen molar-refractivity contribution in [2.24, 2.45) is 29.6 Å². The molecule has 11 nitrogen and oxygen atoms in total. The molecule has 2 bridgehead atoms. The standard InChI is InChI=1S/C54H76N2O9/c1-63-53-42(23-32-17-21-55-29-32)50(43(30-57)51(60)52(53)61)48-27-45(59)39-11-7-34(26-47(39)65-48)33-9-14-46-41(25-33)49-38-13-10-37(56-36-5-3-2-4-6-36)24-35(38)8-12-40(49)44(58)16-20-54(62)19-15-31(28-54)18-22-64-46/h9,14,17,21,25,29,31,34-40,44-45,47-49,55-62H,2-8,10-13,15-16,18-20,22-24,26-28,30H2,1H3/t31-,34+,35+,37-,38-,39+,40+,44+,45-,47-,48-,49+,54-/m0/s1. The second-order valence-corrected chi connectivity index (χ2v) is 21.9. The molecule has 6 fully saturated rings. The van der Waals surface area contributed by atoms with E-state index in [1.807, 2.05) is 18.5 Å². The van der Waals surface area contributed by atoms with Gasteiger partial charge in [-0.3, -0.25) is 0 Å². The van der Waals surface area contributed by atoms with Crippen LogP contribution in [0.2, 0.25) is 0 Å². The fraction of sp³-hybridized carbons (Fsp3) is 0.704. The average molecular weight is 897 g/mol. The number of aromatic hydroxyl groups is 2. The van der Waals surface area contributed by atoms with Gasteiger partial charge in [-0.05, 0) is 173 Å². The first kappa shape index (κ1) is 45.5. The number of aromatic amines is 1. The summed E-state index contributed by atoms with van der Waals surface area (Å²) in [5, 5.41) is 72.9. The number of aliphatic hydroxyl groups excluding tert-OH is 3. The lowest BCUT2D eigenvalue weighted by molar-refractivity contribution is -0.154. The van der Waals surface area contributed by atoms with E-state index < -0.39 is 42.0 Å². The molecule has 0 amide bonds. The van der Waals surface area contributed by atoms with Crippen LogP contribution < -0.4 is 14.8 Å². The predicted octanol–water partition coefficient (Wildman–Crippen LogP) is 8.95. The first-order valence-electron chi connectivity index (χ1n) is 25.7. The third kappa shape index (κ3) is 9.20. The number of methoxy groups -OCH3 is 1. The molecular formula is C54H76N2O9. The number of fused-ring (bicyclic) bond motifs is 8. The Morgan fingerprint density at radius 3 is 2.42 bits per heavy atom. The van der Waals surface area contributed by atoms with Gasteiger partial charge >= 0.3 is 0 Å². The van der Waals surface area contributed by atoms with Gasteiger partial charge in [0.25, 0.3) is 0 Å². The van der Waals surface area contributed by atoms with Crippen molar-refractivity contribution < 1.29 is 44.8 Å². The number of H-pyrrole nitrogens is 1. The summed E-state index contributed by atoms with van der Waals surface area (Å²) in [6, 6.07) is 10.1. The molecule has 5 saturated carbocycles. The lowest BCUT2D eigenvalue weighted by atomic mass is 9.57. The highest BCUT2D eigenvalue weighted by atomic mass is 16.5. The molecule has 3 aromatic rings. The van der Waals surface area contributed by atoms with E-state index >= 15 is 0 Å². The van der Waals surface area contributed by atoms with E-state index in [9.17, 15) is 30.6 Å². The molecule has 10 rings (SSSR count). The van der Waals surface area contributed by atoms with Crippen molar-refractivity contribution in [1.29, 1.82) is 0 Å². The SMILES string of the molecule is COc1c(O)c(O)c(CO)c([C@@H]2C[C@H](O)[C@H]3CC[C@@H](c4ccc5c(c4)[C@@H]4[C@H]6CC[C@H](NC7CCCCC7)C[C@H]6CC[C@@H]4[C@H](O)CC[C@@]4(O)CC[C@@H](CCO5)C4)C[C@@H]3O2)c1Cc1cc[nH]c1. The molecule has 2 aromatic carbocycles. The predicted molar refractivity (Wildman–Crippen MR) is 248 cm³/mol. The second-order valence-electron chi connectivity index (χ2n) is 21.9. The van der Waals surface area contributed by atoms with Crippen molar-refractivity contribution in [3.8, 4) is 23.0 Å². The average Bonchev–Trinajstić information content (AvgIpc) is 3.98. The third-order valence-corrected chi connectivity index (χ3v) is 18.2. The van der Waals surface area contributed by atoms with Crippen LogP contribution in [0.3, 0.4) is 0 Å². The maximum absolute atomic E-state index is 12.3. The van der Waals surface area contributed by atoms with Crippen molar-refractivity contribution in [3.63, 3.8) is 0 Å². The Morgan fingerprint density at radius 1 is 0.800 bits per heavy atom. The number of phenols is 2. The van der Waals surface area contributed by atoms with E-state index in [0.29, 0.717) is 79.7 Å². The van der Waals surface area contributed by atoms with Gasteiger partial charge in [0.15, 0.2) is 11.5 Å². The summed E-state index contributed by atoms with van der Waals surface area (Å²) >= 11 is 0. The highest BCUT2D eigenvalue weighted by molar-refractivity contribution is 5.64. The van der Waals surface area contributed by atoms with Crippen molar-refractivity contribution in [2.75, 3.05) is 13.7 Å². The van der Waals surface area contributed by atoms with Gasteiger partial charge in [-0.15, -0.1) is 0 Å². The van der Waals surface area contributed by atoms with E-state index in [0.717, 1.165) is 75.5 Å². The van der Waals surface area contributed by atoms with Crippen LogP contribution in [-0.2, 0) is 17.8 Å². The molecule has 0 radical (unpaired) electrons. The quantitative estimate of drug-likeness (QED) is 0.102. The molecule has 0 unspecified atom stereocenters. The Hall–Kier alpha value is -3.32. The molecule has 3 heterocycles. The number of benzene rings is 2. The van der Waals surface area contributed by atoms with Crippen molar-refractivity contribution in [2.45, 2.75) is 195 Å². The third-order valence-electron chi connectivity index (χ3n) is 18.2. The van der Waals surface area contributed by atoms with E-state index in [1.165, 1.54) is 56.8 Å². The Kier molecular flexibility index (Phi) is 13.5. The number of nitrogens with one attached hydrogen (secondary N) is 2. The second kappa shape index (κ2) is 19.4. The molecule has 8 N–H and O–H groups in total. The summed E-state index contributed by atoms with van der Waals surface area (Å²) < 4.78 is 19.7. The Labute approximate surface area is 385 Å². The van der Waals surface area contributed by atoms with Crippen LogP contribution in [0.5, 0.6) is 23.0 Å². The summed E-state index contributed by atoms with van der Waals surface area (Å²) in [6.45, 7) is 0.106. The number of phenolic OH excluding ortho intramolecular Hbond substituents is 1. The molecule has 0 spiro atoms. The number of rotatable bonds is 8. The highest BCUT2D eigenvalue weighted by Crippen LogP contribution is 2.57. The molecule has 1 saturated heterocycles. The topological polar surface area (TPSA) is 177 Å². The van der Waals surface area contributed by atoms with Gasteiger partial charge in [-0.25, -0.2) is 0 Å². The minimum atomic E-state index is -0.694. The zero-order valence-corrected chi connectivity index (χ0v) is 38.6. The van der Waals surface area contributed by atoms with Gasteiger partial charge in [0.1, 0.15) is 5.75 Å². The number of aromatic nitrogens is 1. The van der Waals surface area contributed by atoms with Crippen LogP contribution in [0, 0.1) is 29.6 Å². The maximum Gasteiger partial charge on any atom is 0.201 e. The molecule has 5 aliphatic carbocycles. The zero-order valence-electron chi connectivity index (χ0n) is 38.6. The fourth-order valence-electron chi connectivity index (χ4n) is 14.8. The minimum Gasteiger partial charge on any atom is -0.504 e. The minimum absolute atomic E-state index is 0.0569. The molecule has 7 aliphatic rings. The van der Waals surface area contributed by atoms with Crippen molar-refractivity contribution in [1.82, 2.24) is 10.3 Å². The molecule has 2 aliphatic heterocycles. The Morgan fingerprint density at radius 2 is 1.62 bits per heavy atom. The van der Waals surface area contributed by atoms with Crippen LogP contribution in [0.4, 0.5) is 0 Å². The van der Waals surface area contributed by atoms with Gasteiger partial charge < -0.3 is 55.2 Å². The number of hydrogen-bond acceptors (Lipinski definition) is 10. The van der Waals surface area contributed by atoms with E-state index in [2.05, 4.69) is 28.5 Å². The monoisotopic (exact) mass is 897 g/mol. The van der Waals surface area contributed by atoms with Crippen LogP contribution >= 0.6 is 0 Å². The van der Waals surface area contributed by atoms with Crippen LogP contribution in [0.25, 0.3) is 0 Å². The number of hydrogen-bond donors (Lipinski definition) is 8. The van der Waals surface area contributed by atoms with E-state index in [4.69, 9.17) is 14.2 Å². The molecule has 11 heteroatoms. The number of aliphatic hydroxyl groups is 4. The normalized spacial score (nSPS) is 36.7. The van der Waals surface area contributed by atoms with Gasteiger partial charge in [0.05, 0.1) is 50.3 Å². The van der Waals surface area contributed by atoms with Crippen LogP contribution in [0.15, 0.2) is 36.7 Å². The fourth-order valence-corrected chi connectivity index (χ4v) is 14.8. The largest absolute Gasteiger partial charge is 0.504 e. The van der Waals surface area contributed by atoms with E-state index in [-0.39, 0.29) is 41.1 Å². The smallest absolute Gasteiger partial charge is 0.201 e. The lowest BCUT2D eigenvalue weighted by Crippen LogP contribution is -2.48. The summed E-state index contributed by atoms with van der Waals surface area (Å²) in [4.78, 5) is 3.09. The molecular weight excluding hydrogens is 821 g/mol. The van der Waals surface area contributed by atoms with Crippen LogP contribution in [-0.4, -0.2) is 85.3 Å². The molecule has 1 aromatic heterocycles. The summed E-state index contributed by atoms with van der Waals surface area (Å²) in [7, 11) is 1.46. The zero-order chi connectivity index (χ0) is 44.8. The highest BCUT2D eigenvalue weighted by Gasteiger charge is 2.49. The van der Waals surface area contributed by atoms with E-state index in [1.54, 1.807) is 0 Å². The van der Waals surface area contributed by atoms with Gasteiger partial charge in [-0.2, -0.15) is 0 Å². The van der Waals surface area contributed by atoms with Gasteiger partial charge in [0.2, 0.25) is 5.75 Å².